The molecule has 4 amide bonds. The number of likely N-dealkylation sites (tertiary alicyclic amines) is 2. The maximum atomic E-state index is 14.1. The number of rotatable bonds is 5. The first kappa shape index (κ1) is 29.4. The normalized spacial score (nSPS) is 20.1. The predicted molar refractivity (Wildman–Crippen MR) is 162 cm³/mol. The Kier molecular flexibility index (Phi) is 7.64. The Balaban J connectivity index is 1.12. The van der Waals surface area contributed by atoms with E-state index in [1.807, 2.05) is 51.1 Å². The smallest absolute Gasteiger partial charge is 0.410 e. The van der Waals surface area contributed by atoms with Crippen LogP contribution in [0.3, 0.4) is 0 Å². The average Bonchev–Trinajstić information content (AvgIpc) is 3.72. The number of pyridine rings is 1. The van der Waals surface area contributed by atoms with Crippen molar-refractivity contribution in [2.75, 3.05) is 44.3 Å². The summed E-state index contributed by atoms with van der Waals surface area (Å²) in [5.41, 5.74) is 0.521. The highest BCUT2D eigenvalue weighted by atomic mass is 16.6. The lowest BCUT2D eigenvalue weighted by Gasteiger charge is -2.43. The van der Waals surface area contributed by atoms with Gasteiger partial charge in [-0.25, -0.2) is 9.78 Å². The molecule has 1 spiro atoms. The highest BCUT2D eigenvalue weighted by molar-refractivity contribution is 5.98. The maximum absolute atomic E-state index is 14.1. The molecule has 0 aliphatic carbocycles. The van der Waals surface area contributed by atoms with Crippen molar-refractivity contribution in [3.05, 3.63) is 54.4 Å². The van der Waals surface area contributed by atoms with Crippen molar-refractivity contribution in [1.82, 2.24) is 35.2 Å². The van der Waals surface area contributed by atoms with Gasteiger partial charge in [0.25, 0.3) is 11.8 Å². The van der Waals surface area contributed by atoms with E-state index in [1.54, 1.807) is 33.2 Å². The molecule has 1 atom stereocenters. The minimum Gasteiger partial charge on any atom is -0.444 e. The fraction of sp³-hybridized carbons (Fsp3) is 0.484. The second kappa shape index (κ2) is 11.4. The van der Waals surface area contributed by atoms with Crippen molar-refractivity contribution in [2.45, 2.75) is 57.2 Å². The Morgan fingerprint density at radius 3 is 2.55 bits per heavy atom. The molecule has 2 aromatic heterocycles. The van der Waals surface area contributed by atoms with Gasteiger partial charge in [-0.05, 0) is 58.2 Å². The zero-order valence-corrected chi connectivity index (χ0v) is 25.3. The quantitative estimate of drug-likeness (QED) is 0.453. The summed E-state index contributed by atoms with van der Waals surface area (Å²) in [6.45, 7) is 7.27. The monoisotopic (exact) mass is 602 g/mol. The molecule has 13 nitrogen and oxygen atoms in total. The fourth-order valence-corrected chi connectivity index (χ4v) is 6.36. The van der Waals surface area contributed by atoms with Crippen LogP contribution >= 0.6 is 0 Å². The molecular formula is C31H38N8O5. The topological polar surface area (TPSA) is 144 Å². The number of amides is 4. The van der Waals surface area contributed by atoms with Crippen LogP contribution in [-0.2, 0) is 14.3 Å². The van der Waals surface area contributed by atoms with Crippen LogP contribution in [0.2, 0.25) is 0 Å². The number of para-hydroxylation sites is 1. The first-order chi connectivity index (χ1) is 21.0. The number of ether oxygens (including phenoxy) is 1. The average molecular weight is 603 g/mol. The summed E-state index contributed by atoms with van der Waals surface area (Å²) in [5.74, 6) is -0.526. The highest BCUT2D eigenvalue weighted by Gasteiger charge is 2.54. The molecule has 3 aliphatic heterocycles. The summed E-state index contributed by atoms with van der Waals surface area (Å²) in [6.07, 6.45) is 4.26. The molecule has 0 saturated carbocycles. The summed E-state index contributed by atoms with van der Waals surface area (Å²) >= 11 is 0. The molecule has 2 N–H and O–H groups in total. The number of fused-ring (bicyclic) bond motifs is 1. The lowest BCUT2D eigenvalue weighted by Crippen LogP contribution is -2.57. The van der Waals surface area contributed by atoms with Crippen molar-refractivity contribution in [3.63, 3.8) is 0 Å². The van der Waals surface area contributed by atoms with Crippen LogP contribution in [0.25, 0.3) is 11.0 Å². The van der Waals surface area contributed by atoms with Gasteiger partial charge in [0.15, 0.2) is 5.65 Å². The molecule has 44 heavy (non-hydrogen) atoms. The number of hydrogen-bond acceptors (Lipinski definition) is 8. The van der Waals surface area contributed by atoms with E-state index in [9.17, 15) is 19.2 Å². The Hall–Kier alpha value is -4.68. The summed E-state index contributed by atoms with van der Waals surface area (Å²) < 4.78 is 5.46. The third-order valence-electron chi connectivity index (χ3n) is 8.54. The zero-order valence-electron chi connectivity index (χ0n) is 25.3. The summed E-state index contributed by atoms with van der Waals surface area (Å²) in [4.78, 5) is 64.4. The van der Waals surface area contributed by atoms with Gasteiger partial charge in [-0.2, -0.15) is 5.10 Å². The molecule has 0 unspecified atom stereocenters. The molecule has 0 bridgehead atoms. The second-order valence-electron chi connectivity index (χ2n) is 12.7. The van der Waals surface area contributed by atoms with E-state index in [0.717, 1.165) is 11.1 Å². The van der Waals surface area contributed by atoms with Gasteiger partial charge < -0.3 is 29.7 Å². The van der Waals surface area contributed by atoms with Crippen LogP contribution in [0.1, 0.15) is 50.4 Å². The van der Waals surface area contributed by atoms with Gasteiger partial charge in [-0.3, -0.25) is 19.5 Å². The third kappa shape index (κ3) is 5.78. The van der Waals surface area contributed by atoms with E-state index in [0.29, 0.717) is 56.7 Å². The molecule has 232 valence electrons. The van der Waals surface area contributed by atoms with Gasteiger partial charge in [-0.15, -0.1) is 0 Å². The number of H-pyrrole nitrogens is 1. The van der Waals surface area contributed by atoms with E-state index < -0.39 is 17.2 Å². The first-order valence-electron chi connectivity index (χ1n) is 15.0. The molecule has 3 aliphatic rings. The van der Waals surface area contributed by atoms with Crippen molar-refractivity contribution in [3.8, 4) is 0 Å². The van der Waals surface area contributed by atoms with Crippen molar-refractivity contribution < 1.29 is 23.9 Å². The second-order valence-corrected chi connectivity index (χ2v) is 12.7. The molecule has 6 rings (SSSR count). The number of aromatic nitrogens is 3. The van der Waals surface area contributed by atoms with Gasteiger partial charge in [0.2, 0.25) is 5.91 Å². The largest absolute Gasteiger partial charge is 0.444 e. The molecule has 13 heteroatoms. The van der Waals surface area contributed by atoms with Gasteiger partial charge in [0.1, 0.15) is 17.7 Å². The standard InChI is InChI=1S/C31H38N8O5/c1-30(2,3)44-29(43)37-12-9-23(18-37)34-25(40)19-38-20-39(24-7-5-4-6-8-24)31(28(38)42)10-13-36(14-11-31)27(41)22-15-21-17-33-35-26(21)32-16-22/h4-8,15-17,23H,9-14,18-20H2,1-3H3,(H,34,40)(H,32,33,35)/t23-/m0/s1. The SMILES string of the molecule is CC(C)(C)OC(=O)N1CC[C@H](NC(=O)CN2CN(c3ccccc3)C3(CCN(C(=O)c4cnc5[nH]ncc5c4)CC3)C2=O)C1. The number of carbonyl (C=O) groups is 4. The number of hydrogen-bond donors (Lipinski definition) is 2. The zero-order chi connectivity index (χ0) is 31.1. The van der Waals surface area contributed by atoms with Crippen molar-refractivity contribution in [2.24, 2.45) is 0 Å². The summed E-state index contributed by atoms with van der Waals surface area (Å²) in [5, 5.41) is 10.5. The lowest BCUT2D eigenvalue weighted by molar-refractivity contribution is -0.137. The highest BCUT2D eigenvalue weighted by Crippen LogP contribution is 2.39. The van der Waals surface area contributed by atoms with Crippen molar-refractivity contribution >= 4 is 40.5 Å². The summed E-state index contributed by atoms with van der Waals surface area (Å²) in [7, 11) is 0. The van der Waals surface area contributed by atoms with Crippen LogP contribution in [0.15, 0.2) is 48.8 Å². The van der Waals surface area contributed by atoms with Crippen LogP contribution in [0.5, 0.6) is 0 Å². The Morgan fingerprint density at radius 1 is 1.07 bits per heavy atom. The Morgan fingerprint density at radius 2 is 1.82 bits per heavy atom. The lowest BCUT2D eigenvalue weighted by atomic mass is 9.85. The number of piperidine rings is 1. The molecule has 0 radical (unpaired) electrons. The van der Waals surface area contributed by atoms with E-state index >= 15 is 0 Å². The molecule has 5 heterocycles. The van der Waals surface area contributed by atoms with Gasteiger partial charge >= 0.3 is 6.09 Å². The minimum absolute atomic E-state index is 0.0914. The molecule has 3 saturated heterocycles. The molecule has 3 aromatic rings. The van der Waals surface area contributed by atoms with Gasteiger partial charge in [0.05, 0.1) is 18.4 Å². The van der Waals surface area contributed by atoms with Crippen LogP contribution in [0, 0.1) is 0 Å². The number of aromatic amines is 1. The summed E-state index contributed by atoms with van der Waals surface area (Å²) in [6, 6.07) is 11.3. The van der Waals surface area contributed by atoms with Gasteiger partial charge in [-0.1, -0.05) is 18.2 Å². The number of nitrogens with one attached hydrogen (secondary N) is 2. The number of carbonyl (C=O) groups excluding carboxylic acids is 4. The Bertz CT molecular complexity index is 1560. The molecular weight excluding hydrogens is 564 g/mol. The van der Waals surface area contributed by atoms with Crippen LogP contribution in [0.4, 0.5) is 10.5 Å². The van der Waals surface area contributed by atoms with E-state index in [4.69, 9.17) is 4.74 Å². The number of benzene rings is 1. The maximum Gasteiger partial charge on any atom is 0.410 e. The fourth-order valence-electron chi connectivity index (χ4n) is 6.36. The van der Waals surface area contributed by atoms with Crippen LogP contribution < -0.4 is 10.2 Å². The minimum atomic E-state index is -0.869. The van der Waals surface area contributed by atoms with Gasteiger partial charge in [0, 0.05) is 49.5 Å². The van der Waals surface area contributed by atoms with Crippen LogP contribution in [-0.4, -0.2) is 110 Å². The van der Waals surface area contributed by atoms with E-state index in [-0.39, 0.29) is 37.0 Å². The number of anilines is 1. The first-order valence-corrected chi connectivity index (χ1v) is 15.0. The Labute approximate surface area is 255 Å². The van der Waals surface area contributed by atoms with E-state index in [1.165, 1.54) is 0 Å². The van der Waals surface area contributed by atoms with Crippen molar-refractivity contribution in [1.29, 1.82) is 0 Å². The predicted octanol–water partition coefficient (Wildman–Crippen LogP) is 2.36. The third-order valence-corrected chi connectivity index (χ3v) is 8.54. The molecule has 1 aromatic carbocycles. The van der Waals surface area contributed by atoms with E-state index in [2.05, 4.69) is 25.4 Å². The number of nitrogens with zero attached hydrogens (tertiary/aromatic N) is 6. The molecule has 3 fully saturated rings.